The first-order valence-electron chi connectivity index (χ1n) is 10.1. The third-order valence-electron chi connectivity index (χ3n) is 5.78. The molecule has 2 fully saturated rings. The van der Waals surface area contributed by atoms with Crippen molar-refractivity contribution >= 4 is 21.4 Å². The van der Waals surface area contributed by atoms with Crippen LogP contribution in [0.4, 0.5) is 0 Å². The van der Waals surface area contributed by atoms with Gasteiger partial charge in [0.2, 0.25) is 5.91 Å². The molecule has 1 amide bonds. The molecular weight excluding hydrogens is 392 g/mol. The number of carbonyl (C=O) groups excluding carboxylic acids is 1. The molecule has 0 aliphatic carbocycles. The number of hydrogen-bond donors (Lipinski definition) is 0. The summed E-state index contributed by atoms with van der Waals surface area (Å²) in [6.45, 7) is 6.24. The van der Waals surface area contributed by atoms with Crippen LogP contribution in [0.15, 0.2) is 24.5 Å². The van der Waals surface area contributed by atoms with E-state index in [1.54, 1.807) is 6.20 Å². The zero-order chi connectivity index (χ0) is 20.4. The second-order valence-corrected chi connectivity index (χ2v) is 10.3. The molecule has 158 valence electrons. The summed E-state index contributed by atoms with van der Waals surface area (Å²) >= 11 is 0. The molecule has 2 aromatic heterocycles. The van der Waals surface area contributed by atoms with Gasteiger partial charge in [0.05, 0.1) is 36.8 Å². The van der Waals surface area contributed by atoms with Gasteiger partial charge in [-0.2, -0.15) is 0 Å². The molecular formula is C20H28N4O4S. The van der Waals surface area contributed by atoms with E-state index in [9.17, 15) is 13.2 Å². The van der Waals surface area contributed by atoms with Crippen LogP contribution >= 0.6 is 0 Å². The van der Waals surface area contributed by atoms with Gasteiger partial charge in [-0.05, 0) is 18.6 Å². The highest BCUT2D eigenvalue weighted by molar-refractivity contribution is 7.91. The fourth-order valence-corrected chi connectivity index (χ4v) is 5.39. The summed E-state index contributed by atoms with van der Waals surface area (Å²) in [5, 5.41) is 0. The molecule has 0 saturated carbocycles. The molecule has 0 radical (unpaired) electrons. The molecule has 0 aromatic carbocycles. The maximum absolute atomic E-state index is 13.0. The number of fused-ring (bicyclic) bond motifs is 1. The Morgan fingerprint density at radius 3 is 2.86 bits per heavy atom. The van der Waals surface area contributed by atoms with Gasteiger partial charge in [0.25, 0.3) is 0 Å². The normalized spacial score (nSPS) is 23.2. The molecule has 8 nitrogen and oxygen atoms in total. The SMILES string of the molecule is Cc1cccn2c(CC(=O)N3CCOCC(CN4CCS(=O)(=O)CC4)C3)cnc12. The highest BCUT2D eigenvalue weighted by atomic mass is 32.2. The second-order valence-electron chi connectivity index (χ2n) is 8.04. The number of rotatable bonds is 4. The van der Waals surface area contributed by atoms with Gasteiger partial charge < -0.3 is 18.9 Å². The fourth-order valence-electron chi connectivity index (χ4n) is 4.12. The molecule has 2 aliphatic rings. The number of sulfone groups is 1. The van der Waals surface area contributed by atoms with Gasteiger partial charge in [-0.25, -0.2) is 13.4 Å². The van der Waals surface area contributed by atoms with Gasteiger partial charge in [-0.3, -0.25) is 4.79 Å². The minimum atomic E-state index is -2.88. The van der Waals surface area contributed by atoms with Crippen LogP contribution in [0.3, 0.4) is 0 Å². The lowest BCUT2D eigenvalue weighted by Gasteiger charge is -2.31. The van der Waals surface area contributed by atoms with Gasteiger partial charge in [0.15, 0.2) is 9.84 Å². The predicted molar refractivity (Wildman–Crippen MR) is 110 cm³/mol. The summed E-state index contributed by atoms with van der Waals surface area (Å²) < 4.78 is 31.0. The van der Waals surface area contributed by atoms with E-state index >= 15 is 0 Å². The van der Waals surface area contributed by atoms with Crippen LogP contribution in [0.25, 0.3) is 5.65 Å². The van der Waals surface area contributed by atoms with Crippen molar-refractivity contribution in [2.75, 3.05) is 57.4 Å². The number of imidazole rings is 1. The molecule has 0 bridgehead atoms. The van der Waals surface area contributed by atoms with Crippen molar-refractivity contribution in [1.82, 2.24) is 19.2 Å². The lowest BCUT2D eigenvalue weighted by Crippen LogP contribution is -2.45. The Labute approximate surface area is 171 Å². The summed E-state index contributed by atoms with van der Waals surface area (Å²) in [5.41, 5.74) is 2.85. The number of pyridine rings is 1. The van der Waals surface area contributed by atoms with Crippen molar-refractivity contribution in [3.8, 4) is 0 Å². The first-order valence-corrected chi connectivity index (χ1v) is 11.9. The van der Waals surface area contributed by atoms with Gasteiger partial charge in [-0.1, -0.05) is 6.07 Å². The van der Waals surface area contributed by atoms with Crippen molar-refractivity contribution in [2.45, 2.75) is 13.3 Å². The van der Waals surface area contributed by atoms with Crippen LogP contribution in [-0.2, 0) is 25.8 Å². The number of ether oxygens (including phenoxy) is 1. The molecule has 1 unspecified atom stereocenters. The smallest absolute Gasteiger partial charge is 0.228 e. The first-order chi connectivity index (χ1) is 13.9. The Balaban J connectivity index is 1.39. The number of aromatic nitrogens is 2. The van der Waals surface area contributed by atoms with Gasteiger partial charge >= 0.3 is 0 Å². The fraction of sp³-hybridized carbons (Fsp3) is 0.600. The average Bonchev–Trinajstić information content (AvgIpc) is 2.94. The molecule has 2 aliphatic heterocycles. The largest absolute Gasteiger partial charge is 0.379 e. The summed E-state index contributed by atoms with van der Waals surface area (Å²) in [5.74, 6) is 0.699. The third-order valence-corrected chi connectivity index (χ3v) is 7.39. The average molecular weight is 421 g/mol. The topological polar surface area (TPSA) is 84.2 Å². The van der Waals surface area contributed by atoms with E-state index < -0.39 is 9.84 Å². The first kappa shape index (κ1) is 20.3. The highest BCUT2D eigenvalue weighted by Crippen LogP contribution is 2.15. The predicted octanol–water partition coefficient (Wildman–Crippen LogP) is 0.391. The minimum absolute atomic E-state index is 0.0741. The number of hydrogen-bond acceptors (Lipinski definition) is 6. The standard InChI is InChI=1S/C20H28N4O4S/c1-16-3-2-4-24-18(12-21-20(16)24)11-19(25)23-5-8-28-15-17(14-23)13-22-6-9-29(26,27)10-7-22/h2-4,12,17H,5-11,13-15H2,1H3. The summed E-state index contributed by atoms with van der Waals surface area (Å²) in [6, 6.07) is 3.98. The van der Waals surface area contributed by atoms with E-state index in [-0.39, 0.29) is 23.3 Å². The second kappa shape index (κ2) is 8.41. The van der Waals surface area contributed by atoms with Crippen LogP contribution < -0.4 is 0 Å². The molecule has 0 spiro atoms. The monoisotopic (exact) mass is 420 g/mol. The Hall–Kier alpha value is -1.97. The van der Waals surface area contributed by atoms with Crippen molar-refractivity contribution < 1.29 is 17.9 Å². The van der Waals surface area contributed by atoms with E-state index in [1.807, 2.05) is 34.6 Å². The third kappa shape index (κ3) is 4.79. The lowest BCUT2D eigenvalue weighted by molar-refractivity contribution is -0.131. The Bertz CT molecular complexity index is 974. The Kier molecular flexibility index (Phi) is 5.89. The molecule has 29 heavy (non-hydrogen) atoms. The van der Waals surface area contributed by atoms with Gasteiger partial charge in [0.1, 0.15) is 5.65 Å². The Morgan fingerprint density at radius 2 is 2.07 bits per heavy atom. The van der Waals surface area contributed by atoms with Crippen molar-refractivity contribution in [3.63, 3.8) is 0 Å². The maximum atomic E-state index is 13.0. The van der Waals surface area contributed by atoms with E-state index in [1.165, 1.54) is 0 Å². The van der Waals surface area contributed by atoms with Crippen molar-refractivity contribution in [3.05, 3.63) is 35.8 Å². The van der Waals surface area contributed by atoms with Crippen LogP contribution in [0.1, 0.15) is 11.3 Å². The molecule has 4 rings (SSSR count). The maximum Gasteiger partial charge on any atom is 0.228 e. The van der Waals surface area contributed by atoms with E-state index in [0.29, 0.717) is 45.8 Å². The molecule has 0 N–H and O–H groups in total. The van der Waals surface area contributed by atoms with E-state index in [4.69, 9.17) is 4.74 Å². The number of aryl methyl sites for hydroxylation is 1. The van der Waals surface area contributed by atoms with Crippen molar-refractivity contribution in [1.29, 1.82) is 0 Å². The van der Waals surface area contributed by atoms with Crippen molar-refractivity contribution in [2.24, 2.45) is 5.92 Å². The van der Waals surface area contributed by atoms with Crippen LogP contribution in [0.2, 0.25) is 0 Å². The van der Waals surface area contributed by atoms with Crippen LogP contribution in [0.5, 0.6) is 0 Å². The zero-order valence-electron chi connectivity index (χ0n) is 16.8. The summed E-state index contributed by atoms with van der Waals surface area (Å²) in [4.78, 5) is 21.5. The quantitative estimate of drug-likeness (QED) is 0.712. The number of nitrogens with zero attached hydrogens (tertiary/aromatic N) is 4. The number of carbonyl (C=O) groups is 1. The molecule has 4 heterocycles. The molecule has 2 saturated heterocycles. The van der Waals surface area contributed by atoms with Gasteiger partial charge in [0, 0.05) is 51.0 Å². The summed E-state index contributed by atoms with van der Waals surface area (Å²) in [7, 11) is -2.88. The van der Waals surface area contributed by atoms with E-state index in [2.05, 4.69) is 9.88 Å². The van der Waals surface area contributed by atoms with E-state index in [0.717, 1.165) is 23.4 Å². The minimum Gasteiger partial charge on any atom is -0.379 e. The lowest BCUT2D eigenvalue weighted by atomic mass is 10.1. The summed E-state index contributed by atoms with van der Waals surface area (Å²) in [6.07, 6.45) is 4.02. The van der Waals surface area contributed by atoms with Crippen LogP contribution in [-0.4, -0.2) is 91.0 Å². The van der Waals surface area contributed by atoms with Gasteiger partial charge in [-0.15, -0.1) is 0 Å². The molecule has 2 aromatic rings. The highest BCUT2D eigenvalue weighted by Gasteiger charge is 2.28. The molecule has 9 heteroatoms. The molecule has 1 atom stereocenters. The Morgan fingerprint density at radius 1 is 1.28 bits per heavy atom. The van der Waals surface area contributed by atoms with Crippen LogP contribution in [0, 0.1) is 12.8 Å². The zero-order valence-corrected chi connectivity index (χ0v) is 17.6. The number of amides is 1.